The molecule has 0 bridgehead atoms. The quantitative estimate of drug-likeness (QED) is 0.796. The van der Waals surface area contributed by atoms with Gasteiger partial charge in [-0.3, -0.25) is 14.8 Å². The van der Waals surface area contributed by atoms with Gasteiger partial charge in [-0.2, -0.15) is 0 Å². The van der Waals surface area contributed by atoms with Crippen LogP contribution in [0.15, 0.2) is 47.5 Å². The van der Waals surface area contributed by atoms with Crippen LogP contribution in [0.2, 0.25) is 0 Å². The average molecular weight is 355 g/mol. The van der Waals surface area contributed by atoms with Crippen LogP contribution in [0.1, 0.15) is 30.4 Å². The van der Waals surface area contributed by atoms with Gasteiger partial charge in [0.25, 0.3) is 0 Å². The Morgan fingerprint density at radius 2 is 2.12 bits per heavy atom. The van der Waals surface area contributed by atoms with E-state index in [0.717, 1.165) is 19.7 Å². The molecule has 5 heteroatoms. The predicted octanol–water partition coefficient (Wildman–Crippen LogP) is 3.18. The van der Waals surface area contributed by atoms with Gasteiger partial charge in [0.15, 0.2) is 0 Å². The fourth-order valence-corrected chi connectivity index (χ4v) is 4.71. The zero-order valence-corrected chi connectivity index (χ0v) is 15.6. The number of ether oxygens (including phenoxy) is 1. The first-order valence-corrected chi connectivity index (χ1v) is 9.62. The number of piperidine rings is 1. The summed E-state index contributed by atoms with van der Waals surface area (Å²) >= 11 is 0. The Bertz CT molecular complexity index is 666. The summed E-state index contributed by atoms with van der Waals surface area (Å²) in [5.74, 6) is 0. The van der Waals surface area contributed by atoms with E-state index in [1.165, 1.54) is 50.0 Å². The number of pyridine rings is 1. The Balaban J connectivity index is 1.38. The van der Waals surface area contributed by atoms with Crippen molar-refractivity contribution in [1.29, 1.82) is 0 Å². The zero-order chi connectivity index (χ0) is 17.8. The maximum atomic E-state index is 5.54. The first-order valence-electron chi connectivity index (χ1n) is 9.62. The molecule has 0 N–H and O–H groups in total. The summed E-state index contributed by atoms with van der Waals surface area (Å²) in [6.45, 7) is 6.32. The number of nitrogens with zero attached hydrogens (tertiary/aromatic N) is 3. The second-order valence-electron chi connectivity index (χ2n) is 7.99. The largest absolute Gasteiger partial charge is 0.472 e. The lowest BCUT2D eigenvalue weighted by atomic mass is 9.76. The van der Waals surface area contributed by atoms with Crippen LogP contribution in [0, 0.1) is 5.41 Å². The second-order valence-corrected chi connectivity index (χ2v) is 7.99. The molecule has 26 heavy (non-hydrogen) atoms. The summed E-state index contributed by atoms with van der Waals surface area (Å²) < 4.78 is 10.7. The number of hydrogen-bond acceptors (Lipinski definition) is 5. The Morgan fingerprint density at radius 3 is 2.81 bits per heavy atom. The van der Waals surface area contributed by atoms with Crippen molar-refractivity contribution in [2.24, 2.45) is 5.41 Å². The summed E-state index contributed by atoms with van der Waals surface area (Å²) in [5, 5.41) is 0. The molecule has 4 heterocycles. The van der Waals surface area contributed by atoms with Gasteiger partial charge in [0.1, 0.15) is 0 Å². The van der Waals surface area contributed by atoms with E-state index >= 15 is 0 Å². The normalized spacial score (nSPS) is 23.7. The number of furan rings is 1. The third kappa shape index (κ3) is 4.00. The third-order valence-corrected chi connectivity index (χ3v) is 6.09. The SMILES string of the molecule is COC[C@@H]1CC2(CCN(Cc3ccoc3)CC2)CN1Cc1cccnc1. The van der Waals surface area contributed by atoms with E-state index in [2.05, 4.69) is 26.9 Å². The number of likely N-dealkylation sites (tertiary alicyclic amines) is 2. The first-order chi connectivity index (χ1) is 12.8. The van der Waals surface area contributed by atoms with Crippen molar-refractivity contribution in [3.8, 4) is 0 Å². The zero-order valence-electron chi connectivity index (χ0n) is 15.6. The van der Waals surface area contributed by atoms with Crippen LogP contribution in [0.5, 0.6) is 0 Å². The van der Waals surface area contributed by atoms with E-state index in [1.807, 2.05) is 31.8 Å². The van der Waals surface area contributed by atoms with Crippen LogP contribution in [0.3, 0.4) is 0 Å². The Kier molecular flexibility index (Phi) is 5.38. The molecule has 2 saturated heterocycles. The van der Waals surface area contributed by atoms with Crippen LogP contribution in [-0.4, -0.2) is 54.2 Å². The highest BCUT2D eigenvalue weighted by Crippen LogP contribution is 2.44. The molecule has 2 aromatic rings. The van der Waals surface area contributed by atoms with E-state index in [9.17, 15) is 0 Å². The number of aromatic nitrogens is 1. The van der Waals surface area contributed by atoms with Crippen molar-refractivity contribution < 1.29 is 9.15 Å². The van der Waals surface area contributed by atoms with Gasteiger partial charge in [-0.1, -0.05) is 6.07 Å². The molecule has 4 rings (SSSR count). The van der Waals surface area contributed by atoms with Crippen LogP contribution in [0.4, 0.5) is 0 Å². The molecule has 0 radical (unpaired) electrons. The minimum absolute atomic E-state index is 0.443. The molecular formula is C21H29N3O2. The van der Waals surface area contributed by atoms with Crippen LogP contribution < -0.4 is 0 Å². The molecule has 0 saturated carbocycles. The molecule has 5 nitrogen and oxygen atoms in total. The summed E-state index contributed by atoms with van der Waals surface area (Å²) in [4.78, 5) is 9.45. The number of rotatable bonds is 6. The molecule has 0 aromatic carbocycles. The molecule has 2 fully saturated rings. The van der Waals surface area contributed by atoms with Crippen molar-refractivity contribution in [2.45, 2.75) is 38.4 Å². The molecule has 0 aliphatic carbocycles. The molecule has 2 aliphatic heterocycles. The standard InChI is InChI=1S/C21H29N3O2/c1-25-16-20-11-21(17-24(20)14-18-3-2-7-22-12-18)5-8-23(9-6-21)13-19-4-10-26-15-19/h2-4,7,10,12,15,20H,5-6,8-9,11,13-14,16-17H2,1H3/t20-/m0/s1. The Hall–Kier alpha value is -1.69. The van der Waals surface area contributed by atoms with Crippen molar-refractivity contribution in [3.05, 3.63) is 54.2 Å². The smallest absolute Gasteiger partial charge is 0.0947 e. The molecular weight excluding hydrogens is 326 g/mol. The highest BCUT2D eigenvalue weighted by atomic mass is 16.5. The lowest BCUT2D eigenvalue weighted by Gasteiger charge is -2.39. The Morgan fingerprint density at radius 1 is 1.23 bits per heavy atom. The molecule has 2 aliphatic rings. The first kappa shape index (κ1) is 17.7. The molecule has 1 atom stereocenters. The van der Waals surface area contributed by atoms with Crippen LogP contribution in [-0.2, 0) is 17.8 Å². The topological polar surface area (TPSA) is 41.7 Å². The second kappa shape index (κ2) is 7.91. The van der Waals surface area contributed by atoms with E-state index in [4.69, 9.17) is 9.15 Å². The van der Waals surface area contributed by atoms with Gasteiger partial charge in [-0.05, 0) is 55.5 Å². The van der Waals surface area contributed by atoms with E-state index < -0.39 is 0 Å². The predicted molar refractivity (Wildman–Crippen MR) is 101 cm³/mol. The van der Waals surface area contributed by atoms with Crippen molar-refractivity contribution >= 4 is 0 Å². The van der Waals surface area contributed by atoms with Gasteiger partial charge in [-0.25, -0.2) is 0 Å². The van der Waals surface area contributed by atoms with Crippen molar-refractivity contribution in [1.82, 2.24) is 14.8 Å². The monoisotopic (exact) mass is 355 g/mol. The lowest BCUT2D eigenvalue weighted by Crippen LogP contribution is -2.41. The van der Waals surface area contributed by atoms with Crippen LogP contribution in [0.25, 0.3) is 0 Å². The van der Waals surface area contributed by atoms with Gasteiger partial charge < -0.3 is 9.15 Å². The fraction of sp³-hybridized carbons (Fsp3) is 0.571. The maximum absolute atomic E-state index is 5.54. The van der Waals surface area contributed by atoms with Gasteiger partial charge in [0.05, 0.1) is 19.1 Å². The fourth-order valence-electron chi connectivity index (χ4n) is 4.71. The van der Waals surface area contributed by atoms with Crippen LogP contribution >= 0.6 is 0 Å². The highest BCUT2D eigenvalue weighted by molar-refractivity contribution is 5.11. The number of hydrogen-bond donors (Lipinski definition) is 0. The third-order valence-electron chi connectivity index (χ3n) is 6.09. The summed E-state index contributed by atoms with van der Waals surface area (Å²) in [5.41, 5.74) is 3.02. The van der Waals surface area contributed by atoms with E-state index in [0.29, 0.717) is 11.5 Å². The van der Waals surface area contributed by atoms with Gasteiger partial charge in [0, 0.05) is 50.7 Å². The molecule has 1 spiro atoms. The van der Waals surface area contributed by atoms with E-state index in [-0.39, 0.29) is 0 Å². The van der Waals surface area contributed by atoms with Crippen molar-refractivity contribution in [2.75, 3.05) is 33.4 Å². The Labute approximate surface area is 156 Å². The number of methoxy groups -OCH3 is 1. The molecule has 2 aromatic heterocycles. The van der Waals surface area contributed by atoms with Gasteiger partial charge in [-0.15, -0.1) is 0 Å². The van der Waals surface area contributed by atoms with E-state index in [1.54, 1.807) is 6.26 Å². The summed E-state index contributed by atoms with van der Waals surface area (Å²) in [6.07, 6.45) is 11.3. The molecule has 140 valence electrons. The highest BCUT2D eigenvalue weighted by Gasteiger charge is 2.45. The average Bonchev–Trinajstić information content (AvgIpc) is 3.27. The maximum Gasteiger partial charge on any atom is 0.0947 e. The lowest BCUT2D eigenvalue weighted by molar-refractivity contribution is 0.101. The van der Waals surface area contributed by atoms with Gasteiger partial charge >= 0.3 is 0 Å². The minimum atomic E-state index is 0.443. The van der Waals surface area contributed by atoms with Gasteiger partial charge in [0.2, 0.25) is 0 Å². The summed E-state index contributed by atoms with van der Waals surface area (Å²) in [7, 11) is 1.82. The summed E-state index contributed by atoms with van der Waals surface area (Å²) in [6, 6.07) is 6.79. The van der Waals surface area contributed by atoms with Crippen molar-refractivity contribution in [3.63, 3.8) is 0 Å². The minimum Gasteiger partial charge on any atom is -0.472 e. The molecule has 0 unspecified atom stereocenters. The molecule has 0 amide bonds.